The Kier molecular flexibility index (Phi) is 6.39. The van der Waals surface area contributed by atoms with Gasteiger partial charge in [-0.3, -0.25) is 9.48 Å². The first kappa shape index (κ1) is 22.2. The second-order valence-corrected chi connectivity index (χ2v) is 8.18. The summed E-state index contributed by atoms with van der Waals surface area (Å²) < 4.78 is 9.20. The number of benzene rings is 3. The second-order valence-electron chi connectivity index (χ2n) is 8.18. The number of aryl methyl sites for hydroxylation is 1. The lowest BCUT2D eigenvalue weighted by Gasteiger charge is -2.07. The Hall–Kier alpha value is -4.65. The van der Waals surface area contributed by atoms with Gasteiger partial charge in [-0.1, -0.05) is 66.7 Å². The van der Waals surface area contributed by atoms with E-state index in [0.29, 0.717) is 18.1 Å². The molecule has 0 unspecified atom stereocenters. The van der Waals surface area contributed by atoms with Crippen molar-refractivity contribution in [3.05, 3.63) is 120 Å². The maximum atomic E-state index is 12.6. The predicted molar refractivity (Wildman–Crippen MR) is 135 cm³/mol. The summed E-state index contributed by atoms with van der Waals surface area (Å²) in [6, 6.07) is 29.6. The standard InChI is InChI=1S/C28H25N5O2/c1-21-7-5-6-10-24(21)19-32-18-16-27(31-32)29-28(34)26-15-17-33(30-26)20-35-25-13-11-23(12-14-25)22-8-3-2-4-9-22/h2-18H,19-20H2,1H3,(H,29,31,34). The maximum absolute atomic E-state index is 12.6. The van der Waals surface area contributed by atoms with E-state index in [-0.39, 0.29) is 12.6 Å². The lowest BCUT2D eigenvalue weighted by atomic mass is 10.1. The number of amides is 1. The van der Waals surface area contributed by atoms with Gasteiger partial charge in [-0.25, -0.2) is 4.68 Å². The minimum absolute atomic E-state index is 0.197. The number of nitrogens with one attached hydrogen (secondary N) is 1. The van der Waals surface area contributed by atoms with Gasteiger partial charge in [0, 0.05) is 18.5 Å². The van der Waals surface area contributed by atoms with E-state index in [1.165, 1.54) is 11.1 Å². The molecule has 0 aliphatic rings. The van der Waals surface area contributed by atoms with Crippen LogP contribution in [0.3, 0.4) is 0 Å². The molecule has 0 aliphatic heterocycles. The van der Waals surface area contributed by atoms with Gasteiger partial charge in [0.15, 0.2) is 18.2 Å². The van der Waals surface area contributed by atoms with Crippen LogP contribution in [0.15, 0.2) is 103 Å². The van der Waals surface area contributed by atoms with Gasteiger partial charge >= 0.3 is 0 Å². The zero-order valence-corrected chi connectivity index (χ0v) is 19.3. The van der Waals surface area contributed by atoms with Crippen LogP contribution in [-0.2, 0) is 13.3 Å². The minimum Gasteiger partial charge on any atom is -0.471 e. The number of rotatable bonds is 8. The number of hydrogen-bond acceptors (Lipinski definition) is 4. The van der Waals surface area contributed by atoms with Crippen molar-refractivity contribution in [3.8, 4) is 16.9 Å². The zero-order valence-electron chi connectivity index (χ0n) is 19.3. The third-order valence-corrected chi connectivity index (χ3v) is 5.67. The Morgan fingerprint density at radius 1 is 0.800 bits per heavy atom. The van der Waals surface area contributed by atoms with Crippen molar-refractivity contribution in [1.82, 2.24) is 19.6 Å². The molecule has 174 valence electrons. The molecule has 0 atom stereocenters. The molecular weight excluding hydrogens is 438 g/mol. The number of carbonyl (C=O) groups excluding carboxylic acids is 1. The first-order chi connectivity index (χ1) is 17.1. The van der Waals surface area contributed by atoms with Gasteiger partial charge in [0.2, 0.25) is 0 Å². The van der Waals surface area contributed by atoms with Crippen molar-refractivity contribution < 1.29 is 9.53 Å². The highest BCUT2D eigenvalue weighted by Gasteiger charge is 2.12. The van der Waals surface area contributed by atoms with Crippen LogP contribution in [0.1, 0.15) is 21.6 Å². The summed E-state index contributed by atoms with van der Waals surface area (Å²) >= 11 is 0. The molecule has 0 bridgehead atoms. The molecule has 2 heterocycles. The number of ether oxygens (including phenoxy) is 1. The highest BCUT2D eigenvalue weighted by Crippen LogP contribution is 2.22. The van der Waals surface area contributed by atoms with Crippen molar-refractivity contribution in [2.45, 2.75) is 20.2 Å². The third kappa shape index (κ3) is 5.47. The van der Waals surface area contributed by atoms with Gasteiger partial charge in [-0.05, 0) is 47.4 Å². The quantitative estimate of drug-likeness (QED) is 0.335. The SMILES string of the molecule is Cc1ccccc1Cn1ccc(NC(=O)c2ccn(COc3ccc(-c4ccccc4)cc3)n2)n1. The Labute approximate surface area is 203 Å². The van der Waals surface area contributed by atoms with E-state index in [1.807, 2.05) is 60.8 Å². The fraction of sp³-hybridized carbons (Fsp3) is 0.107. The lowest BCUT2D eigenvalue weighted by Crippen LogP contribution is -2.15. The molecular formula is C28H25N5O2. The molecule has 5 rings (SSSR count). The smallest absolute Gasteiger partial charge is 0.277 e. The zero-order chi connectivity index (χ0) is 24.0. The number of hydrogen-bond donors (Lipinski definition) is 1. The monoisotopic (exact) mass is 463 g/mol. The molecule has 0 radical (unpaired) electrons. The normalized spacial score (nSPS) is 10.8. The Bertz CT molecular complexity index is 1420. The van der Waals surface area contributed by atoms with Gasteiger partial charge in [-0.2, -0.15) is 10.2 Å². The molecule has 0 aliphatic carbocycles. The molecule has 1 N–H and O–H groups in total. The van der Waals surface area contributed by atoms with Crippen molar-refractivity contribution in [3.63, 3.8) is 0 Å². The van der Waals surface area contributed by atoms with Gasteiger partial charge in [0.25, 0.3) is 5.91 Å². The fourth-order valence-corrected chi connectivity index (χ4v) is 3.73. The van der Waals surface area contributed by atoms with Gasteiger partial charge in [0.05, 0.1) is 6.54 Å². The van der Waals surface area contributed by atoms with Crippen LogP contribution in [0.25, 0.3) is 11.1 Å². The molecule has 0 spiro atoms. The third-order valence-electron chi connectivity index (χ3n) is 5.67. The largest absolute Gasteiger partial charge is 0.471 e. The Morgan fingerprint density at radius 2 is 1.51 bits per heavy atom. The van der Waals surface area contributed by atoms with E-state index < -0.39 is 0 Å². The summed E-state index contributed by atoms with van der Waals surface area (Å²) in [7, 11) is 0. The molecule has 2 aromatic heterocycles. The second kappa shape index (κ2) is 10.1. The van der Waals surface area contributed by atoms with Gasteiger partial charge in [-0.15, -0.1) is 0 Å². The van der Waals surface area contributed by atoms with E-state index >= 15 is 0 Å². The Morgan fingerprint density at radius 3 is 2.31 bits per heavy atom. The van der Waals surface area contributed by atoms with Crippen LogP contribution in [-0.4, -0.2) is 25.5 Å². The van der Waals surface area contributed by atoms with Crippen LogP contribution in [0, 0.1) is 6.92 Å². The van der Waals surface area contributed by atoms with Crippen LogP contribution in [0.5, 0.6) is 5.75 Å². The van der Waals surface area contributed by atoms with Crippen molar-refractivity contribution in [2.24, 2.45) is 0 Å². The molecule has 5 aromatic rings. The molecule has 0 saturated heterocycles. The molecule has 0 saturated carbocycles. The van der Waals surface area contributed by atoms with Crippen molar-refractivity contribution in [1.29, 1.82) is 0 Å². The summed E-state index contributed by atoms with van der Waals surface area (Å²) in [6.45, 7) is 2.91. The van der Waals surface area contributed by atoms with E-state index in [4.69, 9.17) is 4.74 Å². The molecule has 1 amide bonds. The van der Waals surface area contributed by atoms with E-state index in [0.717, 1.165) is 16.9 Å². The Balaban J connectivity index is 1.15. The number of aromatic nitrogens is 4. The van der Waals surface area contributed by atoms with E-state index in [9.17, 15) is 4.79 Å². The molecule has 7 heteroatoms. The summed E-state index contributed by atoms with van der Waals surface area (Å²) in [5.41, 5.74) is 4.95. The maximum Gasteiger partial charge on any atom is 0.277 e. The summed E-state index contributed by atoms with van der Waals surface area (Å²) in [5, 5.41) is 11.6. The molecule has 35 heavy (non-hydrogen) atoms. The average molecular weight is 464 g/mol. The first-order valence-electron chi connectivity index (χ1n) is 11.3. The van der Waals surface area contributed by atoms with Crippen LogP contribution in [0.2, 0.25) is 0 Å². The fourth-order valence-electron chi connectivity index (χ4n) is 3.73. The lowest BCUT2D eigenvalue weighted by molar-refractivity contribution is 0.101. The minimum atomic E-state index is -0.322. The van der Waals surface area contributed by atoms with Crippen molar-refractivity contribution >= 4 is 11.7 Å². The topological polar surface area (TPSA) is 74.0 Å². The predicted octanol–water partition coefficient (Wildman–Crippen LogP) is 5.39. The molecule has 0 fully saturated rings. The first-order valence-corrected chi connectivity index (χ1v) is 11.3. The average Bonchev–Trinajstić information content (AvgIpc) is 3.55. The van der Waals surface area contributed by atoms with E-state index in [1.54, 1.807) is 27.7 Å². The molecule has 7 nitrogen and oxygen atoms in total. The molecule has 3 aromatic carbocycles. The van der Waals surface area contributed by atoms with Gasteiger partial charge in [0.1, 0.15) is 5.75 Å². The van der Waals surface area contributed by atoms with Crippen LogP contribution in [0.4, 0.5) is 5.82 Å². The van der Waals surface area contributed by atoms with Gasteiger partial charge < -0.3 is 10.1 Å². The van der Waals surface area contributed by atoms with Crippen LogP contribution < -0.4 is 10.1 Å². The highest BCUT2D eigenvalue weighted by atomic mass is 16.5. The summed E-state index contributed by atoms with van der Waals surface area (Å²) in [6.07, 6.45) is 3.56. The van der Waals surface area contributed by atoms with Crippen LogP contribution >= 0.6 is 0 Å². The highest BCUT2D eigenvalue weighted by molar-refractivity contribution is 6.02. The number of nitrogens with zero attached hydrogens (tertiary/aromatic N) is 4. The number of anilines is 1. The number of carbonyl (C=O) groups is 1. The summed E-state index contributed by atoms with van der Waals surface area (Å²) in [4.78, 5) is 12.6. The van der Waals surface area contributed by atoms with Crippen molar-refractivity contribution in [2.75, 3.05) is 5.32 Å². The summed E-state index contributed by atoms with van der Waals surface area (Å²) in [5.74, 6) is 0.885. The van der Waals surface area contributed by atoms with E-state index in [2.05, 4.69) is 46.7 Å².